The number of aromatic amines is 1. The maximum absolute atomic E-state index is 12.5. The highest BCUT2D eigenvalue weighted by molar-refractivity contribution is 5.94. The van der Waals surface area contributed by atoms with Crippen molar-refractivity contribution in [1.29, 1.82) is 0 Å². The first-order valence-corrected chi connectivity index (χ1v) is 8.13. The average molecular weight is 312 g/mol. The summed E-state index contributed by atoms with van der Waals surface area (Å²) in [6.45, 7) is 10.4. The lowest BCUT2D eigenvalue weighted by atomic mass is 10.1. The Morgan fingerprint density at radius 2 is 1.74 bits per heavy atom. The number of hydrogen-bond acceptors (Lipinski definition) is 3. The number of rotatable bonds is 3. The van der Waals surface area contributed by atoms with Gasteiger partial charge in [-0.1, -0.05) is 17.7 Å². The Hall–Kier alpha value is -2.14. The Morgan fingerprint density at radius 3 is 2.30 bits per heavy atom. The molecule has 3 rings (SSSR count). The number of nitrogens with one attached hydrogen (secondary N) is 1. The molecule has 0 unspecified atom stereocenters. The second-order valence-electron chi connectivity index (χ2n) is 6.35. The minimum Gasteiger partial charge on any atom is -0.336 e. The minimum atomic E-state index is 0.139. The minimum absolute atomic E-state index is 0.139. The van der Waals surface area contributed by atoms with E-state index in [1.807, 2.05) is 43.0 Å². The van der Waals surface area contributed by atoms with Crippen LogP contribution in [0.15, 0.2) is 24.3 Å². The number of nitrogens with zero attached hydrogens (tertiary/aromatic N) is 3. The molecular formula is C18H24N4O. The Balaban J connectivity index is 1.58. The van der Waals surface area contributed by atoms with Crippen LogP contribution in [0, 0.1) is 20.8 Å². The van der Waals surface area contributed by atoms with Crippen molar-refractivity contribution < 1.29 is 4.79 Å². The first kappa shape index (κ1) is 15.7. The summed E-state index contributed by atoms with van der Waals surface area (Å²) in [5, 5.41) is 7.29. The molecule has 1 fully saturated rings. The lowest BCUT2D eigenvalue weighted by Crippen LogP contribution is -2.48. The molecule has 2 heterocycles. The third-order valence-corrected chi connectivity index (χ3v) is 4.62. The fourth-order valence-electron chi connectivity index (χ4n) is 3.02. The van der Waals surface area contributed by atoms with Crippen molar-refractivity contribution in [2.45, 2.75) is 27.3 Å². The van der Waals surface area contributed by atoms with Gasteiger partial charge in [0, 0.05) is 49.5 Å². The molecule has 1 amide bonds. The molecule has 1 aliphatic rings. The quantitative estimate of drug-likeness (QED) is 0.946. The van der Waals surface area contributed by atoms with Gasteiger partial charge in [0.05, 0.1) is 5.69 Å². The normalized spacial score (nSPS) is 15.9. The fraction of sp³-hybridized carbons (Fsp3) is 0.444. The van der Waals surface area contributed by atoms with Crippen molar-refractivity contribution in [3.8, 4) is 0 Å². The summed E-state index contributed by atoms with van der Waals surface area (Å²) in [4.78, 5) is 16.9. The molecule has 1 aromatic heterocycles. The molecule has 5 nitrogen and oxygen atoms in total. The zero-order valence-electron chi connectivity index (χ0n) is 14.1. The van der Waals surface area contributed by atoms with Crippen molar-refractivity contribution in [2.75, 3.05) is 26.2 Å². The van der Waals surface area contributed by atoms with Crippen molar-refractivity contribution in [2.24, 2.45) is 0 Å². The van der Waals surface area contributed by atoms with Crippen LogP contribution in [0.2, 0.25) is 0 Å². The number of carbonyl (C=O) groups excluding carboxylic acids is 1. The molecule has 1 N–H and O–H groups in total. The molecule has 0 spiro atoms. The number of hydrogen-bond donors (Lipinski definition) is 1. The van der Waals surface area contributed by atoms with Crippen LogP contribution in [-0.2, 0) is 6.54 Å². The van der Waals surface area contributed by atoms with E-state index < -0.39 is 0 Å². The summed E-state index contributed by atoms with van der Waals surface area (Å²) in [5.41, 5.74) is 5.45. The van der Waals surface area contributed by atoms with Crippen molar-refractivity contribution in [3.05, 3.63) is 52.3 Å². The number of aromatic nitrogens is 2. The number of carbonyl (C=O) groups is 1. The lowest BCUT2D eigenvalue weighted by Gasteiger charge is -2.34. The summed E-state index contributed by atoms with van der Waals surface area (Å²) >= 11 is 0. The average Bonchev–Trinajstić information content (AvgIpc) is 2.87. The van der Waals surface area contributed by atoms with Crippen molar-refractivity contribution >= 4 is 5.91 Å². The van der Waals surface area contributed by atoms with E-state index in [-0.39, 0.29) is 5.91 Å². The molecule has 0 bridgehead atoms. The first-order chi connectivity index (χ1) is 11.0. The summed E-state index contributed by atoms with van der Waals surface area (Å²) in [7, 11) is 0. The van der Waals surface area contributed by atoms with E-state index in [4.69, 9.17) is 0 Å². The largest absolute Gasteiger partial charge is 0.336 e. The summed E-state index contributed by atoms with van der Waals surface area (Å²) in [5.74, 6) is 0.139. The van der Waals surface area contributed by atoms with Crippen LogP contribution >= 0.6 is 0 Å². The van der Waals surface area contributed by atoms with Crippen molar-refractivity contribution in [1.82, 2.24) is 20.0 Å². The van der Waals surface area contributed by atoms with Gasteiger partial charge in [-0.3, -0.25) is 14.8 Å². The monoisotopic (exact) mass is 312 g/mol. The summed E-state index contributed by atoms with van der Waals surface area (Å²) in [6, 6.07) is 7.83. The number of benzene rings is 1. The fourth-order valence-corrected chi connectivity index (χ4v) is 3.02. The van der Waals surface area contributed by atoms with Gasteiger partial charge in [0.2, 0.25) is 0 Å². The second-order valence-corrected chi connectivity index (χ2v) is 6.35. The Bertz CT molecular complexity index is 662. The summed E-state index contributed by atoms with van der Waals surface area (Å²) in [6.07, 6.45) is 0. The van der Waals surface area contributed by atoms with E-state index in [0.717, 1.165) is 49.7 Å². The van der Waals surface area contributed by atoms with E-state index in [2.05, 4.69) is 22.0 Å². The van der Waals surface area contributed by atoms with Crippen LogP contribution in [0.25, 0.3) is 0 Å². The molecule has 2 aromatic rings. The van der Waals surface area contributed by atoms with Gasteiger partial charge >= 0.3 is 0 Å². The Kier molecular flexibility index (Phi) is 4.48. The lowest BCUT2D eigenvalue weighted by molar-refractivity contribution is 0.0628. The van der Waals surface area contributed by atoms with Crippen LogP contribution < -0.4 is 0 Å². The SMILES string of the molecule is Cc1ccc(C(=O)N2CCN(Cc3c(C)n[nH]c3C)CC2)cc1. The van der Waals surface area contributed by atoms with Gasteiger partial charge in [0.15, 0.2) is 0 Å². The Labute approximate surface area is 137 Å². The molecule has 1 aliphatic heterocycles. The molecule has 0 atom stereocenters. The molecule has 0 radical (unpaired) electrons. The van der Waals surface area contributed by atoms with Crippen LogP contribution in [0.5, 0.6) is 0 Å². The van der Waals surface area contributed by atoms with Gasteiger partial charge in [-0.25, -0.2) is 0 Å². The van der Waals surface area contributed by atoms with Crippen LogP contribution in [0.3, 0.4) is 0 Å². The number of aryl methyl sites for hydroxylation is 3. The van der Waals surface area contributed by atoms with Crippen LogP contribution in [0.4, 0.5) is 0 Å². The van der Waals surface area contributed by atoms with Gasteiger partial charge in [0.1, 0.15) is 0 Å². The zero-order valence-corrected chi connectivity index (χ0v) is 14.1. The molecule has 5 heteroatoms. The van der Waals surface area contributed by atoms with Crippen LogP contribution in [0.1, 0.15) is 32.9 Å². The highest BCUT2D eigenvalue weighted by atomic mass is 16.2. The predicted molar refractivity (Wildman–Crippen MR) is 90.4 cm³/mol. The van der Waals surface area contributed by atoms with Gasteiger partial charge in [-0.15, -0.1) is 0 Å². The van der Waals surface area contributed by atoms with Gasteiger partial charge in [0.25, 0.3) is 5.91 Å². The molecule has 122 valence electrons. The summed E-state index contributed by atoms with van der Waals surface area (Å²) < 4.78 is 0. The number of H-pyrrole nitrogens is 1. The number of amides is 1. The second kappa shape index (κ2) is 6.54. The standard InChI is InChI=1S/C18H24N4O/c1-13-4-6-16(7-5-13)18(23)22-10-8-21(9-11-22)12-17-14(2)19-20-15(17)3/h4-7H,8-12H2,1-3H3,(H,19,20). The molecule has 1 saturated heterocycles. The van der Waals surface area contributed by atoms with Gasteiger partial charge in [-0.05, 0) is 32.9 Å². The van der Waals surface area contributed by atoms with E-state index in [9.17, 15) is 4.79 Å². The highest BCUT2D eigenvalue weighted by Crippen LogP contribution is 2.15. The predicted octanol–water partition coefficient (Wildman–Crippen LogP) is 2.29. The van der Waals surface area contributed by atoms with Gasteiger partial charge < -0.3 is 4.90 Å². The molecule has 1 aromatic carbocycles. The van der Waals surface area contributed by atoms with Crippen molar-refractivity contribution in [3.63, 3.8) is 0 Å². The smallest absolute Gasteiger partial charge is 0.253 e. The maximum atomic E-state index is 12.5. The van der Waals surface area contributed by atoms with E-state index in [0.29, 0.717) is 0 Å². The third kappa shape index (κ3) is 3.45. The molecular weight excluding hydrogens is 288 g/mol. The van der Waals surface area contributed by atoms with Crippen LogP contribution in [-0.4, -0.2) is 52.1 Å². The first-order valence-electron chi connectivity index (χ1n) is 8.13. The van der Waals surface area contributed by atoms with E-state index in [1.54, 1.807) is 0 Å². The Morgan fingerprint density at radius 1 is 1.09 bits per heavy atom. The van der Waals surface area contributed by atoms with E-state index in [1.165, 1.54) is 11.1 Å². The molecule has 0 saturated carbocycles. The van der Waals surface area contributed by atoms with Gasteiger partial charge in [-0.2, -0.15) is 5.10 Å². The highest BCUT2D eigenvalue weighted by Gasteiger charge is 2.23. The number of piperazine rings is 1. The van der Waals surface area contributed by atoms with E-state index >= 15 is 0 Å². The molecule has 23 heavy (non-hydrogen) atoms. The topological polar surface area (TPSA) is 52.2 Å². The maximum Gasteiger partial charge on any atom is 0.253 e. The zero-order chi connectivity index (χ0) is 16.4. The third-order valence-electron chi connectivity index (χ3n) is 4.62. The molecule has 0 aliphatic carbocycles.